The highest BCUT2D eigenvalue weighted by molar-refractivity contribution is 7.90. The summed E-state index contributed by atoms with van der Waals surface area (Å²) in [6.45, 7) is 3.81. The van der Waals surface area contributed by atoms with Crippen LogP contribution in [0.1, 0.15) is 13.8 Å². The first-order valence-electron chi connectivity index (χ1n) is 7.19. The molecule has 0 unspecified atom stereocenters. The highest BCUT2D eigenvalue weighted by atomic mass is 32.2. The summed E-state index contributed by atoms with van der Waals surface area (Å²) < 4.78 is 33.9. The molecule has 1 aliphatic rings. The molecule has 0 radical (unpaired) electrons. The number of anilines is 1. The number of ether oxygens (including phenoxy) is 1. The Kier molecular flexibility index (Phi) is 3.96. The Bertz CT molecular complexity index is 846. The van der Waals surface area contributed by atoms with Crippen molar-refractivity contribution >= 4 is 21.7 Å². The van der Waals surface area contributed by atoms with Gasteiger partial charge in [0, 0.05) is 12.1 Å². The van der Waals surface area contributed by atoms with Gasteiger partial charge in [-0.15, -0.1) is 4.40 Å². The predicted octanol–water partition coefficient (Wildman–Crippen LogP) is 2.95. The fourth-order valence-corrected chi connectivity index (χ4v) is 3.24. The summed E-state index contributed by atoms with van der Waals surface area (Å²) in [6.07, 6.45) is 0. The smallest absolute Gasteiger partial charge is 0.287 e. The minimum atomic E-state index is -3.72. The Morgan fingerprint density at radius 2 is 1.83 bits per heavy atom. The monoisotopic (exact) mass is 331 g/mol. The largest absolute Gasteiger partial charge is 0.457 e. The number of hydrogen-bond acceptors (Lipinski definition) is 5. The third kappa shape index (κ3) is 3.45. The Hall–Kier alpha value is -2.54. The molecule has 120 valence electrons. The SMILES string of the molecule is CC(C)NC1=NS(=O)(=O)c2ccc(Oc3ccccc3)cc2N1. The number of rotatable bonds is 3. The minimum absolute atomic E-state index is 0.0572. The third-order valence-electron chi connectivity index (χ3n) is 3.10. The van der Waals surface area contributed by atoms with Crippen molar-refractivity contribution in [2.24, 2.45) is 4.40 Å². The third-order valence-corrected chi connectivity index (χ3v) is 4.43. The first-order chi connectivity index (χ1) is 10.9. The van der Waals surface area contributed by atoms with Crippen molar-refractivity contribution in [1.82, 2.24) is 5.32 Å². The van der Waals surface area contributed by atoms with Gasteiger partial charge in [-0.1, -0.05) is 18.2 Å². The zero-order valence-corrected chi connectivity index (χ0v) is 13.6. The Morgan fingerprint density at radius 3 is 2.52 bits per heavy atom. The molecule has 6 nitrogen and oxygen atoms in total. The van der Waals surface area contributed by atoms with Crippen LogP contribution in [0.5, 0.6) is 11.5 Å². The van der Waals surface area contributed by atoms with Gasteiger partial charge < -0.3 is 15.4 Å². The Labute approximate surface area is 135 Å². The van der Waals surface area contributed by atoms with E-state index in [0.717, 1.165) is 0 Å². The number of nitrogens with one attached hydrogen (secondary N) is 2. The number of guanidine groups is 1. The van der Waals surface area contributed by atoms with Gasteiger partial charge in [0.05, 0.1) is 5.69 Å². The maximum Gasteiger partial charge on any atom is 0.287 e. The van der Waals surface area contributed by atoms with Crippen LogP contribution in [-0.2, 0) is 10.0 Å². The first kappa shape index (κ1) is 15.4. The summed E-state index contributed by atoms with van der Waals surface area (Å²) in [6, 6.07) is 14.1. The van der Waals surface area contributed by atoms with E-state index in [2.05, 4.69) is 15.0 Å². The van der Waals surface area contributed by atoms with Crippen LogP contribution in [-0.4, -0.2) is 20.4 Å². The number of fused-ring (bicyclic) bond motifs is 1. The maximum atomic E-state index is 12.2. The molecule has 0 aromatic heterocycles. The molecule has 0 saturated heterocycles. The molecule has 2 aromatic rings. The molecular formula is C16H17N3O3S. The van der Waals surface area contributed by atoms with Gasteiger partial charge in [-0.3, -0.25) is 0 Å². The van der Waals surface area contributed by atoms with E-state index in [1.54, 1.807) is 12.1 Å². The number of hydrogen-bond donors (Lipinski definition) is 2. The zero-order chi connectivity index (χ0) is 16.4. The fraction of sp³-hybridized carbons (Fsp3) is 0.188. The zero-order valence-electron chi connectivity index (χ0n) is 12.8. The standard InChI is InChI=1S/C16H17N3O3S/c1-11(2)17-16-18-14-10-13(22-12-6-4-3-5-7-12)8-9-15(14)23(20,21)19-16/h3-11H,1-2H3,(H2,17,18,19). The lowest BCUT2D eigenvalue weighted by atomic mass is 10.3. The van der Waals surface area contributed by atoms with Crippen molar-refractivity contribution in [1.29, 1.82) is 0 Å². The van der Waals surface area contributed by atoms with Gasteiger partial charge in [0.2, 0.25) is 5.96 Å². The normalized spacial score (nSPS) is 15.3. The lowest BCUT2D eigenvalue weighted by molar-refractivity contribution is 0.482. The van der Waals surface area contributed by atoms with Crippen LogP contribution in [0.25, 0.3) is 0 Å². The van der Waals surface area contributed by atoms with Gasteiger partial charge in [0.25, 0.3) is 10.0 Å². The van der Waals surface area contributed by atoms with Crippen LogP contribution in [0.15, 0.2) is 57.8 Å². The number of sulfonamides is 1. The molecule has 3 rings (SSSR count). The van der Waals surface area contributed by atoms with Gasteiger partial charge in [0.1, 0.15) is 16.4 Å². The van der Waals surface area contributed by atoms with E-state index in [0.29, 0.717) is 17.2 Å². The van der Waals surface area contributed by atoms with E-state index in [1.807, 2.05) is 44.2 Å². The second kappa shape index (κ2) is 5.92. The molecule has 1 aliphatic heterocycles. The minimum Gasteiger partial charge on any atom is -0.457 e. The highest BCUT2D eigenvalue weighted by Gasteiger charge is 2.25. The number of benzene rings is 2. The predicted molar refractivity (Wildman–Crippen MR) is 89.5 cm³/mol. The number of nitrogens with zero attached hydrogens (tertiary/aromatic N) is 1. The van der Waals surface area contributed by atoms with Crippen molar-refractivity contribution < 1.29 is 13.2 Å². The highest BCUT2D eigenvalue weighted by Crippen LogP contribution is 2.32. The summed E-state index contributed by atoms with van der Waals surface area (Å²) in [7, 11) is -3.72. The van der Waals surface area contributed by atoms with E-state index < -0.39 is 10.0 Å². The molecule has 7 heteroatoms. The lowest BCUT2D eigenvalue weighted by Crippen LogP contribution is -2.38. The van der Waals surface area contributed by atoms with E-state index in [-0.39, 0.29) is 16.9 Å². The van der Waals surface area contributed by atoms with Crippen molar-refractivity contribution in [2.75, 3.05) is 5.32 Å². The molecule has 0 saturated carbocycles. The number of para-hydroxylation sites is 1. The van der Waals surface area contributed by atoms with E-state index in [4.69, 9.17) is 4.74 Å². The average molecular weight is 331 g/mol. The molecule has 0 atom stereocenters. The van der Waals surface area contributed by atoms with Crippen molar-refractivity contribution in [3.05, 3.63) is 48.5 Å². The maximum absolute atomic E-state index is 12.2. The van der Waals surface area contributed by atoms with E-state index >= 15 is 0 Å². The summed E-state index contributed by atoms with van der Waals surface area (Å²) in [5, 5.41) is 5.96. The quantitative estimate of drug-likeness (QED) is 0.904. The molecule has 2 aromatic carbocycles. The molecule has 0 spiro atoms. The van der Waals surface area contributed by atoms with Crippen molar-refractivity contribution in [3.63, 3.8) is 0 Å². The fourth-order valence-electron chi connectivity index (χ4n) is 2.18. The van der Waals surface area contributed by atoms with Gasteiger partial charge in [-0.25, -0.2) is 0 Å². The second-order valence-corrected chi connectivity index (χ2v) is 6.98. The first-order valence-corrected chi connectivity index (χ1v) is 8.63. The van der Waals surface area contributed by atoms with Crippen molar-refractivity contribution in [3.8, 4) is 11.5 Å². The van der Waals surface area contributed by atoms with Crippen LogP contribution in [0.4, 0.5) is 5.69 Å². The molecule has 1 heterocycles. The van der Waals surface area contributed by atoms with Crippen LogP contribution in [0.2, 0.25) is 0 Å². The van der Waals surface area contributed by atoms with Gasteiger partial charge in [-0.05, 0) is 38.1 Å². The van der Waals surface area contributed by atoms with Gasteiger partial charge in [-0.2, -0.15) is 8.42 Å². The average Bonchev–Trinajstić information content (AvgIpc) is 2.46. The van der Waals surface area contributed by atoms with Crippen LogP contribution in [0.3, 0.4) is 0 Å². The molecule has 0 aliphatic carbocycles. The van der Waals surface area contributed by atoms with Crippen molar-refractivity contribution in [2.45, 2.75) is 24.8 Å². The summed E-state index contributed by atoms with van der Waals surface area (Å²) in [5.41, 5.74) is 0.441. The Balaban J connectivity index is 1.92. The van der Waals surface area contributed by atoms with Crippen LogP contribution < -0.4 is 15.4 Å². The topological polar surface area (TPSA) is 79.8 Å². The van der Waals surface area contributed by atoms with Crippen LogP contribution >= 0.6 is 0 Å². The lowest BCUT2D eigenvalue weighted by Gasteiger charge is -2.21. The molecular weight excluding hydrogens is 314 g/mol. The molecule has 0 amide bonds. The van der Waals surface area contributed by atoms with Gasteiger partial charge >= 0.3 is 0 Å². The summed E-state index contributed by atoms with van der Waals surface area (Å²) in [5.74, 6) is 1.44. The van der Waals surface area contributed by atoms with E-state index in [1.165, 1.54) is 6.07 Å². The second-order valence-electron chi connectivity index (χ2n) is 5.41. The van der Waals surface area contributed by atoms with Gasteiger partial charge in [0.15, 0.2) is 0 Å². The van der Waals surface area contributed by atoms with Crippen LogP contribution in [0, 0.1) is 0 Å². The summed E-state index contributed by atoms with van der Waals surface area (Å²) in [4.78, 5) is 0.132. The summed E-state index contributed by atoms with van der Waals surface area (Å²) >= 11 is 0. The Morgan fingerprint density at radius 1 is 1.09 bits per heavy atom. The molecule has 0 fully saturated rings. The molecule has 0 bridgehead atoms. The molecule has 2 N–H and O–H groups in total. The molecule has 23 heavy (non-hydrogen) atoms. The van der Waals surface area contributed by atoms with E-state index in [9.17, 15) is 8.42 Å².